The van der Waals surface area contributed by atoms with Crippen molar-refractivity contribution in [1.29, 1.82) is 0 Å². The number of carbonyl (C=O) groups excluding carboxylic acids is 2. The van der Waals surface area contributed by atoms with E-state index in [1.54, 1.807) is 11.1 Å². The van der Waals surface area contributed by atoms with Crippen LogP contribution in [0.5, 0.6) is 0 Å². The number of nitrogens with zero attached hydrogens (tertiary/aromatic N) is 4. The fourth-order valence-electron chi connectivity index (χ4n) is 3.70. The zero-order chi connectivity index (χ0) is 23.6. The molecule has 7 heteroatoms. The molecule has 7 nitrogen and oxygen atoms in total. The van der Waals surface area contributed by atoms with Crippen molar-refractivity contribution in [3.05, 3.63) is 47.7 Å². The van der Waals surface area contributed by atoms with Crippen LogP contribution in [-0.4, -0.2) is 50.1 Å². The Kier molecular flexibility index (Phi) is 6.67. The Bertz CT molecular complexity index is 1140. The third kappa shape index (κ3) is 4.98. The maximum Gasteiger partial charge on any atom is 0.255 e. The number of hydrogen-bond donors (Lipinski definition) is 1. The standard InChI is InChI=1S/C25H33N5O2/c1-8-29(15-22(31)28-25(5,6)7)24(32)19-13-21(18-12-10-9-11-17(18)4)27-23-20(19)14-26-30(23)16(2)3/h9-14,16H,8,15H2,1-7H3,(H,28,31). The highest BCUT2D eigenvalue weighted by atomic mass is 16.2. The summed E-state index contributed by atoms with van der Waals surface area (Å²) in [6.07, 6.45) is 1.69. The van der Waals surface area contributed by atoms with Crippen LogP contribution in [0, 0.1) is 6.92 Å². The summed E-state index contributed by atoms with van der Waals surface area (Å²) in [6.45, 7) is 14.1. The number of pyridine rings is 1. The fraction of sp³-hybridized carbons (Fsp3) is 0.440. The second-order valence-corrected chi connectivity index (χ2v) is 9.41. The topological polar surface area (TPSA) is 80.1 Å². The summed E-state index contributed by atoms with van der Waals surface area (Å²) in [4.78, 5) is 32.6. The third-order valence-electron chi connectivity index (χ3n) is 5.23. The second-order valence-electron chi connectivity index (χ2n) is 9.41. The lowest BCUT2D eigenvalue weighted by Gasteiger charge is -2.25. The van der Waals surface area contributed by atoms with E-state index in [0.29, 0.717) is 23.1 Å². The molecule has 0 atom stereocenters. The number of benzene rings is 1. The predicted molar refractivity (Wildman–Crippen MR) is 128 cm³/mol. The SMILES string of the molecule is CCN(CC(=O)NC(C)(C)C)C(=O)c1cc(-c2ccccc2C)nc2c1cnn2C(C)C. The Labute approximate surface area is 189 Å². The van der Waals surface area contributed by atoms with Crippen LogP contribution in [0.25, 0.3) is 22.3 Å². The van der Waals surface area contributed by atoms with Crippen molar-refractivity contribution in [2.45, 2.75) is 60.0 Å². The number of nitrogens with one attached hydrogen (secondary N) is 1. The summed E-state index contributed by atoms with van der Waals surface area (Å²) < 4.78 is 1.83. The molecule has 1 N–H and O–H groups in total. The van der Waals surface area contributed by atoms with Crippen molar-refractivity contribution in [3.8, 4) is 11.3 Å². The van der Waals surface area contributed by atoms with Gasteiger partial charge in [0.05, 0.1) is 29.4 Å². The Morgan fingerprint density at radius 2 is 1.88 bits per heavy atom. The first-order valence-corrected chi connectivity index (χ1v) is 11.1. The van der Waals surface area contributed by atoms with E-state index in [0.717, 1.165) is 16.8 Å². The van der Waals surface area contributed by atoms with Gasteiger partial charge in [-0.2, -0.15) is 5.10 Å². The van der Waals surface area contributed by atoms with Crippen LogP contribution >= 0.6 is 0 Å². The molecule has 32 heavy (non-hydrogen) atoms. The van der Waals surface area contributed by atoms with Crippen LogP contribution in [0.1, 0.15) is 63.5 Å². The summed E-state index contributed by atoms with van der Waals surface area (Å²) >= 11 is 0. The average molecular weight is 436 g/mol. The van der Waals surface area contributed by atoms with Gasteiger partial charge in [0.2, 0.25) is 5.91 Å². The van der Waals surface area contributed by atoms with Gasteiger partial charge >= 0.3 is 0 Å². The number of fused-ring (bicyclic) bond motifs is 1. The van der Waals surface area contributed by atoms with Crippen LogP contribution in [0.4, 0.5) is 0 Å². The molecule has 2 amide bonds. The van der Waals surface area contributed by atoms with Gasteiger partial charge in [-0.3, -0.25) is 9.59 Å². The lowest BCUT2D eigenvalue weighted by molar-refractivity contribution is -0.123. The van der Waals surface area contributed by atoms with Crippen LogP contribution < -0.4 is 5.32 Å². The Balaban J connectivity index is 2.10. The quantitative estimate of drug-likeness (QED) is 0.624. The summed E-state index contributed by atoms with van der Waals surface area (Å²) in [6, 6.07) is 9.89. The molecule has 0 unspecified atom stereocenters. The molecule has 0 aliphatic heterocycles. The molecular weight excluding hydrogens is 402 g/mol. The molecule has 0 saturated carbocycles. The molecule has 0 radical (unpaired) electrons. The molecule has 0 saturated heterocycles. The van der Waals surface area contributed by atoms with Gasteiger partial charge in [0, 0.05) is 23.7 Å². The highest BCUT2D eigenvalue weighted by Gasteiger charge is 2.25. The molecule has 0 aliphatic carbocycles. The highest BCUT2D eigenvalue weighted by Crippen LogP contribution is 2.29. The summed E-state index contributed by atoms with van der Waals surface area (Å²) in [5.41, 5.74) is 3.57. The van der Waals surface area contributed by atoms with E-state index < -0.39 is 0 Å². The number of hydrogen-bond acceptors (Lipinski definition) is 4. The van der Waals surface area contributed by atoms with E-state index in [1.165, 1.54) is 0 Å². The van der Waals surface area contributed by atoms with Gasteiger partial charge in [0.15, 0.2) is 5.65 Å². The first-order valence-electron chi connectivity index (χ1n) is 11.1. The van der Waals surface area contributed by atoms with Crippen molar-refractivity contribution in [2.24, 2.45) is 0 Å². The van der Waals surface area contributed by atoms with Crippen LogP contribution in [0.2, 0.25) is 0 Å². The molecule has 170 valence electrons. The normalized spacial score (nSPS) is 11.8. The van der Waals surface area contributed by atoms with E-state index in [-0.39, 0.29) is 29.9 Å². The minimum Gasteiger partial charge on any atom is -0.350 e. The Hall–Kier alpha value is -3.22. The Morgan fingerprint density at radius 1 is 1.19 bits per heavy atom. The molecule has 1 aromatic carbocycles. The van der Waals surface area contributed by atoms with E-state index in [9.17, 15) is 9.59 Å². The molecule has 0 bridgehead atoms. The lowest BCUT2D eigenvalue weighted by atomic mass is 10.0. The number of carbonyl (C=O) groups is 2. The zero-order valence-corrected chi connectivity index (χ0v) is 20.1. The number of likely N-dealkylation sites (N-methyl/N-ethyl adjacent to an activating group) is 1. The van der Waals surface area contributed by atoms with Gasteiger partial charge in [-0.15, -0.1) is 0 Å². The van der Waals surface area contributed by atoms with Crippen LogP contribution in [-0.2, 0) is 4.79 Å². The largest absolute Gasteiger partial charge is 0.350 e. The summed E-state index contributed by atoms with van der Waals surface area (Å²) in [7, 11) is 0. The Morgan fingerprint density at radius 3 is 2.47 bits per heavy atom. The molecule has 0 spiro atoms. The van der Waals surface area contributed by atoms with E-state index >= 15 is 0 Å². The maximum absolute atomic E-state index is 13.6. The van der Waals surface area contributed by atoms with Crippen molar-refractivity contribution < 1.29 is 9.59 Å². The first-order chi connectivity index (χ1) is 15.0. The highest BCUT2D eigenvalue weighted by molar-refractivity contribution is 6.07. The van der Waals surface area contributed by atoms with Crippen molar-refractivity contribution in [1.82, 2.24) is 25.0 Å². The van der Waals surface area contributed by atoms with Gasteiger partial charge < -0.3 is 10.2 Å². The average Bonchev–Trinajstić information content (AvgIpc) is 3.14. The molecule has 0 aliphatic rings. The second kappa shape index (κ2) is 9.10. The number of rotatable bonds is 6. The monoisotopic (exact) mass is 435 g/mol. The molecular formula is C25H33N5O2. The predicted octanol–water partition coefficient (Wildman–Crippen LogP) is 4.36. The molecule has 3 aromatic rings. The van der Waals surface area contributed by atoms with Gasteiger partial charge in [0.25, 0.3) is 5.91 Å². The van der Waals surface area contributed by atoms with Gasteiger partial charge in [-0.25, -0.2) is 9.67 Å². The van der Waals surface area contributed by atoms with E-state index in [2.05, 4.69) is 10.4 Å². The molecule has 2 heterocycles. The van der Waals surface area contributed by atoms with Gasteiger partial charge in [-0.1, -0.05) is 24.3 Å². The fourth-order valence-corrected chi connectivity index (χ4v) is 3.70. The maximum atomic E-state index is 13.6. The van der Waals surface area contributed by atoms with Crippen molar-refractivity contribution in [2.75, 3.05) is 13.1 Å². The minimum absolute atomic E-state index is 0.00552. The smallest absolute Gasteiger partial charge is 0.255 e. The van der Waals surface area contributed by atoms with Crippen LogP contribution in [0.3, 0.4) is 0 Å². The number of amides is 2. The minimum atomic E-state index is -0.361. The number of aryl methyl sites for hydroxylation is 1. The van der Waals surface area contributed by atoms with Gasteiger partial charge in [0.1, 0.15) is 0 Å². The summed E-state index contributed by atoms with van der Waals surface area (Å²) in [5, 5.41) is 8.11. The van der Waals surface area contributed by atoms with E-state index in [4.69, 9.17) is 4.98 Å². The third-order valence-corrected chi connectivity index (χ3v) is 5.23. The first kappa shape index (κ1) is 23.4. The molecule has 0 fully saturated rings. The van der Waals surface area contributed by atoms with Crippen molar-refractivity contribution in [3.63, 3.8) is 0 Å². The van der Waals surface area contributed by atoms with Crippen LogP contribution in [0.15, 0.2) is 36.5 Å². The zero-order valence-electron chi connectivity index (χ0n) is 20.1. The molecule has 2 aromatic heterocycles. The molecule has 3 rings (SSSR count). The summed E-state index contributed by atoms with van der Waals surface area (Å²) in [5.74, 6) is -0.392. The number of aromatic nitrogens is 3. The van der Waals surface area contributed by atoms with Crippen molar-refractivity contribution >= 4 is 22.8 Å². The van der Waals surface area contributed by atoms with E-state index in [1.807, 2.05) is 83.5 Å². The lowest BCUT2D eigenvalue weighted by Crippen LogP contribution is -2.47. The van der Waals surface area contributed by atoms with Gasteiger partial charge in [-0.05, 0) is 60.1 Å².